The molecule has 3 aromatic rings. The Morgan fingerprint density at radius 2 is 1.93 bits per heavy atom. The zero-order valence-electron chi connectivity index (χ0n) is 16.1. The van der Waals surface area contributed by atoms with Crippen LogP contribution in [0, 0.1) is 0 Å². The zero-order valence-corrected chi connectivity index (χ0v) is 16.1. The summed E-state index contributed by atoms with van der Waals surface area (Å²) < 4.78 is 23.5. The van der Waals surface area contributed by atoms with Crippen LogP contribution in [0.1, 0.15) is 18.9 Å². The van der Waals surface area contributed by atoms with Crippen LogP contribution in [0.4, 0.5) is 0 Å². The highest BCUT2D eigenvalue weighted by Gasteiger charge is 2.20. The van der Waals surface area contributed by atoms with Crippen molar-refractivity contribution in [2.45, 2.75) is 18.9 Å². The van der Waals surface area contributed by atoms with Gasteiger partial charge in [0.05, 0.1) is 27.4 Å². The summed E-state index contributed by atoms with van der Waals surface area (Å²) in [6, 6.07) is 5.80. The molecule has 1 aliphatic heterocycles. The Balaban J connectivity index is 1.62. The topological polar surface area (TPSA) is 96.5 Å². The number of nitrogens with zero attached hydrogens (tertiary/aromatic N) is 4. The smallest absolute Gasteiger partial charge is 0.278 e. The van der Waals surface area contributed by atoms with E-state index in [4.69, 9.17) is 18.7 Å². The summed E-state index contributed by atoms with van der Waals surface area (Å²) in [5.74, 6) is 2.35. The van der Waals surface area contributed by atoms with E-state index in [1.807, 2.05) is 16.9 Å². The molecule has 1 aromatic carbocycles. The summed E-state index contributed by atoms with van der Waals surface area (Å²) in [5, 5.41) is 12.1. The molecule has 2 aromatic heterocycles. The van der Waals surface area contributed by atoms with Gasteiger partial charge in [0.15, 0.2) is 17.2 Å². The van der Waals surface area contributed by atoms with Crippen molar-refractivity contribution in [2.75, 3.05) is 34.4 Å². The molecule has 0 amide bonds. The third kappa shape index (κ3) is 3.40. The Morgan fingerprint density at radius 1 is 1.14 bits per heavy atom. The summed E-state index contributed by atoms with van der Waals surface area (Å²) in [6.07, 6.45) is 4.21. The minimum atomic E-state index is 0.347. The van der Waals surface area contributed by atoms with Crippen LogP contribution in [0.2, 0.25) is 0 Å². The van der Waals surface area contributed by atoms with Crippen molar-refractivity contribution >= 4 is 0 Å². The molecule has 0 bridgehead atoms. The molecule has 9 nitrogen and oxygen atoms in total. The predicted octanol–water partition coefficient (Wildman–Crippen LogP) is 2.55. The first kappa shape index (κ1) is 18.3. The van der Waals surface area contributed by atoms with E-state index < -0.39 is 0 Å². The monoisotopic (exact) mass is 385 g/mol. The quantitative estimate of drug-likeness (QED) is 0.692. The molecule has 148 valence electrons. The van der Waals surface area contributed by atoms with E-state index in [9.17, 15) is 0 Å². The Morgan fingerprint density at radius 3 is 2.57 bits per heavy atom. The lowest BCUT2D eigenvalue weighted by molar-refractivity contribution is 0.324. The van der Waals surface area contributed by atoms with Gasteiger partial charge in [-0.2, -0.15) is 10.1 Å². The Bertz CT molecular complexity index is 920. The van der Waals surface area contributed by atoms with Crippen molar-refractivity contribution in [2.24, 2.45) is 0 Å². The van der Waals surface area contributed by atoms with E-state index in [1.54, 1.807) is 33.5 Å². The first-order chi connectivity index (χ1) is 13.7. The number of rotatable bonds is 6. The van der Waals surface area contributed by atoms with Gasteiger partial charge in [-0.1, -0.05) is 5.16 Å². The third-order valence-electron chi connectivity index (χ3n) is 4.82. The largest absolute Gasteiger partial charge is 0.493 e. The molecule has 0 spiro atoms. The van der Waals surface area contributed by atoms with Gasteiger partial charge in [0.25, 0.3) is 5.89 Å². The lowest BCUT2D eigenvalue weighted by Crippen LogP contribution is -2.31. The molecule has 1 fully saturated rings. The standard InChI is InChI=1S/C19H23N5O4/c1-25-15-9-12(10-16(26-2)17(15)27-3)18-21-19(28-23-18)14-6-8-24(22-14)13-5-4-7-20-11-13/h6,8-10,13,20H,4-5,7,11H2,1-3H3. The molecular weight excluding hydrogens is 362 g/mol. The third-order valence-corrected chi connectivity index (χ3v) is 4.82. The summed E-state index contributed by atoms with van der Waals surface area (Å²) >= 11 is 0. The molecule has 0 saturated carbocycles. The summed E-state index contributed by atoms with van der Waals surface area (Å²) in [5.41, 5.74) is 1.34. The summed E-state index contributed by atoms with van der Waals surface area (Å²) in [7, 11) is 4.69. The van der Waals surface area contributed by atoms with E-state index >= 15 is 0 Å². The van der Waals surface area contributed by atoms with Crippen LogP contribution < -0.4 is 19.5 Å². The fourth-order valence-electron chi connectivity index (χ4n) is 3.37. The molecule has 1 unspecified atom stereocenters. The number of ether oxygens (including phenoxy) is 3. The molecule has 4 rings (SSSR count). The van der Waals surface area contributed by atoms with Crippen LogP contribution in [0.3, 0.4) is 0 Å². The maximum atomic E-state index is 5.44. The molecule has 1 aliphatic rings. The Kier molecular flexibility index (Phi) is 5.16. The average Bonchev–Trinajstić information content (AvgIpc) is 3.43. The van der Waals surface area contributed by atoms with Crippen molar-refractivity contribution in [1.82, 2.24) is 25.2 Å². The molecule has 0 aliphatic carbocycles. The van der Waals surface area contributed by atoms with Crippen LogP contribution >= 0.6 is 0 Å². The fourth-order valence-corrected chi connectivity index (χ4v) is 3.37. The van der Waals surface area contributed by atoms with Gasteiger partial charge in [-0.15, -0.1) is 0 Å². The first-order valence-corrected chi connectivity index (χ1v) is 9.13. The second kappa shape index (κ2) is 7.89. The number of hydrogen-bond acceptors (Lipinski definition) is 8. The number of piperidine rings is 1. The van der Waals surface area contributed by atoms with Crippen LogP contribution in [-0.2, 0) is 0 Å². The summed E-state index contributed by atoms with van der Waals surface area (Å²) in [4.78, 5) is 4.49. The second-order valence-electron chi connectivity index (χ2n) is 6.52. The normalized spacial score (nSPS) is 16.8. The van der Waals surface area contributed by atoms with Crippen molar-refractivity contribution < 1.29 is 18.7 Å². The number of aromatic nitrogens is 4. The van der Waals surface area contributed by atoms with Gasteiger partial charge < -0.3 is 24.1 Å². The van der Waals surface area contributed by atoms with Gasteiger partial charge >= 0.3 is 0 Å². The molecule has 1 saturated heterocycles. The lowest BCUT2D eigenvalue weighted by Gasteiger charge is -2.22. The molecular formula is C19H23N5O4. The van der Waals surface area contributed by atoms with E-state index in [0.29, 0.717) is 46.3 Å². The van der Waals surface area contributed by atoms with Crippen LogP contribution in [-0.4, -0.2) is 54.3 Å². The lowest BCUT2D eigenvalue weighted by atomic mass is 10.1. The van der Waals surface area contributed by atoms with Gasteiger partial charge in [-0.25, -0.2) is 0 Å². The van der Waals surface area contributed by atoms with E-state index in [2.05, 4.69) is 20.6 Å². The van der Waals surface area contributed by atoms with Gasteiger partial charge in [-0.3, -0.25) is 4.68 Å². The highest BCUT2D eigenvalue weighted by Crippen LogP contribution is 2.40. The van der Waals surface area contributed by atoms with Gasteiger partial charge in [0, 0.05) is 18.3 Å². The number of nitrogens with one attached hydrogen (secondary N) is 1. The van der Waals surface area contributed by atoms with E-state index in [1.165, 1.54) is 0 Å². The number of methoxy groups -OCH3 is 3. The second-order valence-corrected chi connectivity index (χ2v) is 6.52. The molecule has 0 radical (unpaired) electrons. The van der Waals surface area contributed by atoms with E-state index in [-0.39, 0.29) is 0 Å². The molecule has 9 heteroatoms. The van der Waals surface area contributed by atoms with Crippen LogP contribution in [0.5, 0.6) is 17.2 Å². The maximum Gasteiger partial charge on any atom is 0.278 e. The maximum absolute atomic E-state index is 5.44. The van der Waals surface area contributed by atoms with E-state index in [0.717, 1.165) is 25.9 Å². The number of benzene rings is 1. The molecule has 28 heavy (non-hydrogen) atoms. The van der Waals surface area contributed by atoms with Gasteiger partial charge in [-0.05, 0) is 37.6 Å². The first-order valence-electron chi connectivity index (χ1n) is 9.13. The van der Waals surface area contributed by atoms with Crippen molar-refractivity contribution in [3.63, 3.8) is 0 Å². The SMILES string of the molecule is COc1cc(-c2noc(-c3ccn(C4CCCNC4)n3)n2)cc(OC)c1OC. The van der Waals surface area contributed by atoms with Gasteiger partial charge in [0.2, 0.25) is 11.6 Å². The molecule has 3 heterocycles. The van der Waals surface area contributed by atoms with Crippen molar-refractivity contribution in [3.8, 4) is 40.2 Å². The minimum absolute atomic E-state index is 0.347. The van der Waals surface area contributed by atoms with Crippen LogP contribution in [0.25, 0.3) is 23.0 Å². The minimum Gasteiger partial charge on any atom is -0.493 e. The Hall–Kier alpha value is -3.07. The number of hydrogen-bond donors (Lipinski definition) is 1. The highest BCUT2D eigenvalue weighted by molar-refractivity contribution is 5.67. The molecule has 1 atom stereocenters. The highest BCUT2D eigenvalue weighted by atomic mass is 16.5. The van der Waals surface area contributed by atoms with Crippen LogP contribution in [0.15, 0.2) is 28.9 Å². The predicted molar refractivity (Wildman–Crippen MR) is 102 cm³/mol. The van der Waals surface area contributed by atoms with Crippen molar-refractivity contribution in [1.29, 1.82) is 0 Å². The average molecular weight is 385 g/mol. The summed E-state index contributed by atoms with van der Waals surface area (Å²) in [6.45, 7) is 1.98. The Labute approximate surface area is 162 Å². The van der Waals surface area contributed by atoms with Gasteiger partial charge in [0.1, 0.15) is 0 Å². The van der Waals surface area contributed by atoms with Crippen molar-refractivity contribution in [3.05, 3.63) is 24.4 Å². The molecule has 1 N–H and O–H groups in total. The zero-order chi connectivity index (χ0) is 19.5. The fraction of sp³-hybridized carbons (Fsp3) is 0.421.